The second-order valence-corrected chi connectivity index (χ2v) is 3.19. The molecule has 1 atom stereocenters. The predicted molar refractivity (Wildman–Crippen MR) is 44.0 cm³/mol. The molecule has 3 heteroatoms. The van der Waals surface area contributed by atoms with E-state index in [0.717, 1.165) is 38.9 Å². The average molecular weight is 156 g/mol. The second kappa shape index (κ2) is 4.34. The molecule has 1 rings (SSSR count). The molecule has 1 heterocycles. The van der Waals surface area contributed by atoms with Gasteiger partial charge >= 0.3 is 0 Å². The normalized spacial score (nSPS) is 25.2. The molecule has 11 heavy (non-hydrogen) atoms. The summed E-state index contributed by atoms with van der Waals surface area (Å²) in [4.78, 5) is 12.3. The molecular weight excluding hydrogens is 140 g/mol. The van der Waals surface area contributed by atoms with Crippen LogP contribution in [0.4, 0.5) is 0 Å². The van der Waals surface area contributed by atoms with Crippen molar-refractivity contribution in [1.29, 1.82) is 0 Å². The van der Waals surface area contributed by atoms with Crippen molar-refractivity contribution in [3.8, 4) is 0 Å². The minimum absolute atomic E-state index is 0.652. The summed E-state index contributed by atoms with van der Waals surface area (Å²) in [7, 11) is 0. The van der Waals surface area contributed by atoms with Crippen LogP contribution in [0.25, 0.3) is 0 Å². The summed E-state index contributed by atoms with van der Waals surface area (Å²) in [5.41, 5.74) is 5.44. The molecule has 0 saturated carbocycles. The van der Waals surface area contributed by atoms with Gasteiger partial charge in [-0.25, -0.2) is 0 Å². The van der Waals surface area contributed by atoms with Crippen molar-refractivity contribution in [3.05, 3.63) is 0 Å². The van der Waals surface area contributed by atoms with Gasteiger partial charge in [-0.05, 0) is 31.7 Å². The van der Waals surface area contributed by atoms with Crippen molar-refractivity contribution in [2.24, 2.45) is 11.7 Å². The Morgan fingerprint density at radius 1 is 1.64 bits per heavy atom. The lowest BCUT2D eigenvalue weighted by molar-refractivity contribution is -0.119. The molecule has 2 N–H and O–H groups in total. The van der Waals surface area contributed by atoms with E-state index in [1.165, 1.54) is 6.42 Å². The summed E-state index contributed by atoms with van der Waals surface area (Å²) >= 11 is 0. The van der Waals surface area contributed by atoms with Gasteiger partial charge < -0.3 is 10.6 Å². The van der Waals surface area contributed by atoms with Gasteiger partial charge in [0.15, 0.2) is 0 Å². The molecular formula is C8H16N2O. The maximum Gasteiger partial charge on any atom is 0.209 e. The summed E-state index contributed by atoms with van der Waals surface area (Å²) in [5, 5.41) is 0. The van der Waals surface area contributed by atoms with Gasteiger partial charge in [0, 0.05) is 13.1 Å². The van der Waals surface area contributed by atoms with Crippen LogP contribution in [-0.2, 0) is 4.79 Å². The second-order valence-electron chi connectivity index (χ2n) is 3.19. The molecule has 1 aliphatic heterocycles. The quantitative estimate of drug-likeness (QED) is 0.593. The minimum atomic E-state index is 0.652. The van der Waals surface area contributed by atoms with Crippen LogP contribution in [0.1, 0.15) is 19.3 Å². The Morgan fingerprint density at radius 2 is 2.45 bits per heavy atom. The molecule has 0 aromatic rings. The van der Waals surface area contributed by atoms with Gasteiger partial charge in [-0.15, -0.1) is 0 Å². The summed E-state index contributed by atoms with van der Waals surface area (Å²) in [6.45, 7) is 2.60. The van der Waals surface area contributed by atoms with Crippen LogP contribution in [0.5, 0.6) is 0 Å². The zero-order chi connectivity index (χ0) is 8.10. The minimum Gasteiger partial charge on any atom is -0.345 e. The first-order valence-corrected chi connectivity index (χ1v) is 4.26. The number of likely N-dealkylation sites (tertiary alicyclic amines) is 1. The predicted octanol–water partition coefficient (Wildman–Crippen LogP) is 0.204. The number of rotatable bonds is 3. The highest BCUT2D eigenvalue weighted by Crippen LogP contribution is 2.17. The summed E-state index contributed by atoms with van der Waals surface area (Å²) < 4.78 is 0. The fraction of sp³-hybridized carbons (Fsp3) is 0.875. The van der Waals surface area contributed by atoms with E-state index in [1.54, 1.807) is 0 Å². The maximum absolute atomic E-state index is 10.4. The molecule has 1 amide bonds. The molecule has 1 aliphatic rings. The Morgan fingerprint density at radius 3 is 3.09 bits per heavy atom. The molecule has 3 nitrogen and oxygen atoms in total. The number of nitrogens with two attached hydrogens (primary N) is 1. The number of amides is 1. The number of nitrogens with zero attached hydrogens (tertiary/aromatic N) is 1. The Balaban J connectivity index is 2.27. The molecule has 0 bridgehead atoms. The highest BCUT2D eigenvalue weighted by molar-refractivity contribution is 5.47. The topological polar surface area (TPSA) is 46.3 Å². The number of hydrogen-bond donors (Lipinski definition) is 1. The summed E-state index contributed by atoms with van der Waals surface area (Å²) in [6, 6.07) is 0. The number of piperidine rings is 1. The molecule has 0 radical (unpaired) electrons. The fourth-order valence-corrected chi connectivity index (χ4v) is 1.66. The zero-order valence-electron chi connectivity index (χ0n) is 6.83. The van der Waals surface area contributed by atoms with E-state index in [9.17, 15) is 4.79 Å². The first-order chi connectivity index (χ1) is 5.36. The van der Waals surface area contributed by atoms with Crippen molar-refractivity contribution in [2.75, 3.05) is 19.6 Å². The van der Waals surface area contributed by atoms with Crippen LogP contribution < -0.4 is 5.73 Å². The number of carbonyl (C=O) groups is 1. The van der Waals surface area contributed by atoms with Gasteiger partial charge in [0.2, 0.25) is 6.41 Å². The van der Waals surface area contributed by atoms with E-state index >= 15 is 0 Å². The third-order valence-corrected chi connectivity index (χ3v) is 2.27. The lowest BCUT2D eigenvalue weighted by Crippen LogP contribution is -2.35. The van der Waals surface area contributed by atoms with Crippen molar-refractivity contribution in [3.63, 3.8) is 0 Å². The number of carbonyl (C=O) groups excluding carboxylic acids is 1. The van der Waals surface area contributed by atoms with E-state index in [-0.39, 0.29) is 0 Å². The molecule has 0 aromatic heterocycles. The van der Waals surface area contributed by atoms with Crippen LogP contribution in [0.2, 0.25) is 0 Å². The zero-order valence-corrected chi connectivity index (χ0v) is 6.83. The first-order valence-electron chi connectivity index (χ1n) is 4.26. The molecule has 0 unspecified atom stereocenters. The number of hydrogen-bond acceptors (Lipinski definition) is 2. The maximum atomic E-state index is 10.4. The molecule has 0 aliphatic carbocycles. The van der Waals surface area contributed by atoms with E-state index in [4.69, 9.17) is 5.73 Å². The van der Waals surface area contributed by atoms with Gasteiger partial charge in [-0.1, -0.05) is 0 Å². The molecule has 0 aromatic carbocycles. The largest absolute Gasteiger partial charge is 0.345 e. The first kappa shape index (κ1) is 8.53. The van der Waals surface area contributed by atoms with Gasteiger partial charge in [0.1, 0.15) is 0 Å². The Hall–Kier alpha value is -0.570. The van der Waals surface area contributed by atoms with Gasteiger partial charge in [0.25, 0.3) is 0 Å². The van der Waals surface area contributed by atoms with Gasteiger partial charge in [-0.3, -0.25) is 4.79 Å². The van der Waals surface area contributed by atoms with Crippen LogP contribution in [0, 0.1) is 5.92 Å². The van der Waals surface area contributed by atoms with Crippen molar-refractivity contribution >= 4 is 6.41 Å². The van der Waals surface area contributed by atoms with Crippen LogP contribution in [0.3, 0.4) is 0 Å². The molecule has 64 valence electrons. The van der Waals surface area contributed by atoms with Crippen molar-refractivity contribution in [1.82, 2.24) is 4.90 Å². The fourth-order valence-electron chi connectivity index (χ4n) is 1.66. The van der Waals surface area contributed by atoms with Crippen LogP contribution in [-0.4, -0.2) is 30.9 Å². The van der Waals surface area contributed by atoms with E-state index in [2.05, 4.69) is 0 Å². The molecule has 1 fully saturated rings. The summed E-state index contributed by atoms with van der Waals surface area (Å²) in [6.07, 6.45) is 4.39. The van der Waals surface area contributed by atoms with E-state index < -0.39 is 0 Å². The monoisotopic (exact) mass is 156 g/mol. The highest BCUT2D eigenvalue weighted by atomic mass is 16.1. The third kappa shape index (κ3) is 2.50. The van der Waals surface area contributed by atoms with E-state index in [0.29, 0.717) is 5.92 Å². The van der Waals surface area contributed by atoms with E-state index in [1.807, 2.05) is 4.90 Å². The van der Waals surface area contributed by atoms with Crippen LogP contribution in [0.15, 0.2) is 0 Å². The molecule has 1 saturated heterocycles. The molecule has 0 spiro atoms. The standard InChI is InChI=1S/C8H16N2O/c9-4-3-8-2-1-5-10(6-8)7-11/h7-8H,1-6,9H2/t8-/m1/s1. The highest BCUT2D eigenvalue weighted by Gasteiger charge is 2.17. The Bertz CT molecular complexity index is 125. The SMILES string of the molecule is NCC[C@H]1CCCN(C=O)C1. The third-order valence-electron chi connectivity index (χ3n) is 2.27. The smallest absolute Gasteiger partial charge is 0.209 e. The lowest BCUT2D eigenvalue weighted by Gasteiger charge is -2.29. The van der Waals surface area contributed by atoms with Crippen molar-refractivity contribution in [2.45, 2.75) is 19.3 Å². The van der Waals surface area contributed by atoms with Crippen LogP contribution >= 0.6 is 0 Å². The Kier molecular flexibility index (Phi) is 3.36. The van der Waals surface area contributed by atoms with Crippen molar-refractivity contribution < 1.29 is 4.79 Å². The van der Waals surface area contributed by atoms with Gasteiger partial charge in [0.05, 0.1) is 0 Å². The Labute approximate surface area is 67.5 Å². The average Bonchev–Trinajstić information content (AvgIpc) is 2.06. The lowest BCUT2D eigenvalue weighted by atomic mass is 9.95. The van der Waals surface area contributed by atoms with Gasteiger partial charge in [-0.2, -0.15) is 0 Å². The summed E-state index contributed by atoms with van der Waals surface area (Å²) in [5.74, 6) is 0.652.